The van der Waals surface area contributed by atoms with E-state index in [1.165, 1.54) is 17.0 Å². The molecule has 5 heteroatoms. The van der Waals surface area contributed by atoms with Gasteiger partial charge in [-0.05, 0) is 43.3 Å². The smallest absolute Gasteiger partial charge is 0.260 e. The van der Waals surface area contributed by atoms with E-state index in [0.29, 0.717) is 10.7 Å². The quantitative estimate of drug-likeness (QED) is 0.886. The highest BCUT2D eigenvalue weighted by molar-refractivity contribution is 7.80. The lowest BCUT2D eigenvalue weighted by Gasteiger charge is -2.18. The number of thiocarbonyl (C=S) groups is 1. The fourth-order valence-electron chi connectivity index (χ4n) is 1.95. The topological polar surface area (TPSA) is 46.3 Å². The van der Waals surface area contributed by atoms with Crippen LogP contribution in [0.1, 0.15) is 21.5 Å². The Balaban J connectivity index is 2.30. The van der Waals surface area contributed by atoms with E-state index >= 15 is 0 Å². The van der Waals surface area contributed by atoms with Crippen LogP contribution in [0.5, 0.6) is 0 Å². The van der Waals surface area contributed by atoms with Crippen LogP contribution in [-0.4, -0.2) is 17.9 Å². The third kappa shape index (κ3) is 3.25. The number of benzene rings is 2. The summed E-state index contributed by atoms with van der Waals surface area (Å²) in [5.41, 5.74) is 7.77. The first kappa shape index (κ1) is 15.1. The highest BCUT2D eigenvalue weighted by Gasteiger charge is 2.17. The minimum absolute atomic E-state index is 0.0518. The van der Waals surface area contributed by atoms with E-state index in [1.54, 1.807) is 37.4 Å². The summed E-state index contributed by atoms with van der Waals surface area (Å²) in [5, 5.41) is 0. The zero-order valence-electron chi connectivity index (χ0n) is 11.8. The van der Waals surface area contributed by atoms with Gasteiger partial charge < -0.3 is 10.6 Å². The van der Waals surface area contributed by atoms with Crippen molar-refractivity contribution in [1.82, 2.24) is 0 Å². The predicted octanol–water partition coefficient (Wildman–Crippen LogP) is 3.04. The largest absolute Gasteiger partial charge is 0.389 e. The normalized spacial score (nSPS) is 10.2. The average molecular weight is 302 g/mol. The number of carbonyl (C=O) groups is 1. The Morgan fingerprint density at radius 3 is 2.38 bits per heavy atom. The Labute approximate surface area is 128 Å². The molecule has 0 spiro atoms. The Morgan fingerprint density at radius 2 is 1.81 bits per heavy atom. The highest BCUT2D eigenvalue weighted by Crippen LogP contribution is 2.19. The number of hydrogen-bond donors (Lipinski definition) is 1. The van der Waals surface area contributed by atoms with Crippen molar-refractivity contribution < 1.29 is 9.18 Å². The third-order valence-corrected chi connectivity index (χ3v) is 3.43. The summed E-state index contributed by atoms with van der Waals surface area (Å²) < 4.78 is 13.8. The van der Waals surface area contributed by atoms with Crippen molar-refractivity contribution in [3.63, 3.8) is 0 Å². The molecule has 21 heavy (non-hydrogen) atoms. The molecule has 2 aromatic rings. The van der Waals surface area contributed by atoms with E-state index in [9.17, 15) is 9.18 Å². The van der Waals surface area contributed by atoms with Gasteiger partial charge in [0.05, 0.1) is 5.56 Å². The number of anilines is 1. The Hall–Kier alpha value is -2.27. The Bertz CT molecular complexity index is 698. The third-order valence-electron chi connectivity index (χ3n) is 3.20. The summed E-state index contributed by atoms with van der Waals surface area (Å²) in [5.74, 6) is -0.934. The van der Waals surface area contributed by atoms with Crippen LogP contribution in [-0.2, 0) is 0 Å². The molecule has 0 radical (unpaired) electrons. The molecule has 0 aliphatic carbocycles. The maximum atomic E-state index is 13.8. The van der Waals surface area contributed by atoms with Crippen LogP contribution in [0.4, 0.5) is 10.1 Å². The maximum Gasteiger partial charge on any atom is 0.260 e. The number of nitrogens with zero attached hydrogens (tertiary/aromatic N) is 1. The van der Waals surface area contributed by atoms with Gasteiger partial charge in [-0.3, -0.25) is 4.79 Å². The van der Waals surface area contributed by atoms with E-state index in [4.69, 9.17) is 18.0 Å². The SMILES string of the molecule is Cc1ccc(F)c(C(=O)N(C)c2ccc(C(N)=S)cc2)c1. The van der Waals surface area contributed by atoms with Crippen LogP contribution in [0.3, 0.4) is 0 Å². The molecule has 2 aromatic carbocycles. The molecular weight excluding hydrogens is 287 g/mol. The second kappa shape index (κ2) is 6.01. The van der Waals surface area contributed by atoms with Crippen LogP contribution in [0.25, 0.3) is 0 Å². The molecule has 0 aromatic heterocycles. The Morgan fingerprint density at radius 1 is 1.19 bits per heavy atom. The molecule has 0 aliphatic heterocycles. The molecule has 0 bridgehead atoms. The number of nitrogens with two attached hydrogens (primary N) is 1. The van der Waals surface area contributed by atoms with Gasteiger partial charge in [0.1, 0.15) is 10.8 Å². The summed E-state index contributed by atoms with van der Waals surface area (Å²) in [4.78, 5) is 14.1. The molecule has 0 saturated carbocycles. The van der Waals surface area contributed by atoms with Crippen molar-refractivity contribution in [3.8, 4) is 0 Å². The number of hydrogen-bond acceptors (Lipinski definition) is 2. The van der Waals surface area contributed by atoms with Crippen molar-refractivity contribution in [2.45, 2.75) is 6.92 Å². The lowest BCUT2D eigenvalue weighted by atomic mass is 10.1. The number of amides is 1. The summed E-state index contributed by atoms with van der Waals surface area (Å²) in [6, 6.07) is 11.4. The molecule has 0 heterocycles. The van der Waals surface area contributed by atoms with Gasteiger partial charge in [-0.15, -0.1) is 0 Å². The van der Waals surface area contributed by atoms with Crippen molar-refractivity contribution in [2.24, 2.45) is 5.73 Å². The molecule has 2 rings (SSSR count). The molecule has 0 atom stereocenters. The van der Waals surface area contributed by atoms with Gasteiger partial charge in [0.15, 0.2) is 0 Å². The number of aryl methyl sites for hydroxylation is 1. The molecule has 108 valence electrons. The summed E-state index contributed by atoms with van der Waals surface area (Å²) in [7, 11) is 1.60. The molecule has 0 unspecified atom stereocenters. The maximum absolute atomic E-state index is 13.8. The zero-order chi connectivity index (χ0) is 15.6. The minimum atomic E-state index is -0.530. The van der Waals surface area contributed by atoms with Crippen molar-refractivity contribution in [3.05, 3.63) is 65.0 Å². The fourth-order valence-corrected chi connectivity index (χ4v) is 2.09. The van der Waals surface area contributed by atoms with Crippen molar-refractivity contribution in [2.75, 3.05) is 11.9 Å². The van der Waals surface area contributed by atoms with Gasteiger partial charge in [0.25, 0.3) is 5.91 Å². The molecule has 0 aliphatic rings. The van der Waals surface area contributed by atoms with E-state index < -0.39 is 11.7 Å². The van der Waals surface area contributed by atoms with E-state index in [1.807, 2.05) is 6.92 Å². The van der Waals surface area contributed by atoms with E-state index in [-0.39, 0.29) is 5.56 Å². The predicted molar refractivity (Wildman–Crippen MR) is 86.2 cm³/mol. The second-order valence-electron chi connectivity index (χ2n) is 4.76. The molecule has 0 fully saturated rings. The molecule has 0 saturated heterocycles. The van der Waals surface area contributed by atoms with Gasteiger partial charge in [0, 0.05) is 18.3 Å². The number of rotatable bonds is 3. The first-order valence-electron chi connectivity index (χ1n) is 6.34. The van der Waals surface area contributed by atoms with Crippen molar-refractivity contribution >= 4 is 28.8 Å². The summed E-state index contributed by atoms with van der Waals surface area (Å²) >= 11 is 4.88. The first-order chi connectivity index (χ1) is 9.90. The first-order valence-corrected chi connectivity index (χ1v) is 6.75. The van der Waals surface area contributed by atoms with Crippen LogP contribution in [0.15, 0.2) is 42.5 Å². The monoisotopic (exact) mass is 302 g/mol. The van der Waals surface area contributed by atoms with Gasteiger partial charge in [-0.25, -0.2) is 4.39 Å². The van der Waals surface area contributed by atoms with Gasteiger partial charge in [-0.2, -0.15) is 0 Å². The summed E-state index contributed by atoms with van der Waals surface area (Å²) in [6.07, 6.45) is 0. The van der Waals surface area contributed by atoms with Crippen molar-refractivity contribution in [1.29, 1.82) is 0 Å². The molecule has 2 N–H and O–H groups in total. The van der Waals surface area contributed by atoms with Crippen LogP contribution >= 0.6 is 12.2 Å². The number of carbonyl (C=O) groups excluding carboxylic acids is 1. The Kier molecular flexibility index (Phi) is 4.33. The summed E-state index contributed by atoms with van der Waals surface area (Å²) in [6.45, 7) is 1.81. The average Bonchev–Trinajstić information content (AvgIpc) is 2.48. The zero-order valence-corrected chi connectivity index (χ0v) is 12.6. The van der Waals surface area contributed by atoms with E-state index in [2.05, 4.69) is 0 Å². The van der Waals surface area contributed by atoms with Gasteiger partial charge in [-0.1, -0.05) is 23.8 Å². The fraction of sp³-hybridized carbons (Fsp3) is 0.125. The van der Waals surface area contributed by atoms with Gasteiger partial charge >= 0.3 is 0 Å². The molecule has 1 amide bonds. The van der Waals surface area contributed by atoms with Crippen LogP contribution < -0.4 is 10.6 Å². The minimum Gasteiger partial charge on any atom is -0.389 e. The standard InChI is InChI=1S/C16H15FN2OS/c1-10-3-8-14(17)13(9-10)16(20)19(2)12-6-4-11(5-7-12)15(18)21/h3-9H,1-2H3,(H2,18,21). The second-order valence-corrected chi connectivity index (χ2v) is 5.20. The lowest BCUT2D eigenvalue weighted by Crippen LogP contribution is -2.27. The van der Waals surface area contributed by atoms with Gasteiger partial charge in [0.2, 0.25) is 0 Å². The van der Waals surface area contributed by atoms with Crippen LogP contribution in [0.2, 0.25) is 0 Å². The van der Waals surface area contributed by atoms with Crippen LogP contribution in [0, 0.1) is 12.7 Å². The molecule has 3 nitrogen and oxygen atoms in total. The molecular formula is C16H15FN2OS. The highest BCUT2D eigenvalue weighted by atomic mass is 32.1. The van der Waals surface area contributed by atoms with E-state index in [0.717, 1.165) is 11.1 Å². The number of halogens is 1. The lowest BCUT2D eigenvalue weighted by molar-refractivity contribution is 0.0989.